The van der Waals surface area contributed by atoms with Crippen molar-refractivity contribution in [3.05, 3.63) is 18.5 Å². The number of nitrogens with zero attached hydrogens (tertiary/aromatic N) is 2. The molecule has 1 aromatic rings. The second-order valence-electron chi connectivity index (χ2n) is 2.98. The Labute approximate surface area is 94.8 Å². The van der Waals surface area contributed by atoms with Crippen LogP contribution >= 0.6 is 11.8 Å². The quantitative estimate of drug-likeness (QED) is 0.411. The van der Waals surface area contributed by atoms with Crippen LogP contribution in [0.1, 0.15) is 6.42 Å². The van der Waals surface area contributed by atoms with Gasteiger partial charge in [-0.3, -0.25) is 0 Å². The van der Waals surface area contributed by atoms with Gasteiger partial charge in [0.05, 0.1) is 6.61 Å². The van der Waals surface area contributed by atoms with Crippen LogP contribution in [0.5, 0.6) is 0 Å². The predicted molar refractivity (Wildman–Crippen MR) is 62.1 cm³/mol. The molecule has 0 radical (unpaired) electrons. The average Bonchev–Trinajstić information content (AvgIpc) is 2.29. The molecular formula is C10H17N3OS. The lowest BCUT2D eigenvalue weighted by Crippen LogP contribution is -2.20. The van der Waals surface area contributed by atoms with Gasteiger partial charge >= 0.3 is 0 Å². The van der Waals surface area contributed by atoms with E-state index in [-0.39, 0.29) is 0 Å². The summed E-state index contributed by atoms with van der Waals surface area (Å²) in [6, 6.07) is 1.83. The largest absolute Gasteiger partial charge is 0.383 e. The highest BCUT2D eigenvalue weighted by Gasteiger charge is 1.94. The Morgan fingerprint density at radius 2 is 2.13 bits per heavy atom. The van der Waals surface area contributed by atoms with E-state index >= 15 is 0 Å². The van der Waals surface area contributed by atoms with Crippen molar-refractivity contribution in [2.24, 2.45) is 0 Å². The minimum absolute atomic E-state index is 0.773. The van der Waals surface area contributed by atoms with Gasteiger partial charge in [-0.25, -0.2) is 9.97 Å². The summed E-state index contributed by atoms with van der Waals surface area (Å²) in [5, 5.41) is 4.15. The van der Waals surface area contributed by atoms with Gasteiger partial charge in [-0.05, 0) is 19.0 Å². The zero-order valence-electron chi connectivity index (χ0n) is 8.98. The van der Waals surface area contributed by atoms with Gasteiger partial charge in [-0.1, -0.05) is 11.8 Å². The first-order valence-corrected chi connectivity index (χ1v) is 6.01. The van der Waals surface area contributed by atoms with Crippen molar-refractivity contribution in [3.63, 3.8) is 0 Å². The lowest BCUT2D eigenvalue weighted by Gasteiger charge is -2.02. The van der Waals surface area contributed by atoms with Gasteiger partial charge in [0.15, 0.2) is 5.16 Å². The van der Waals surface area contributed by atoms with E-state index in [0.29, 0.717) is 0 Å². The topological polar surface area (TPSA) is 47.0 Å². The molecule has 84 valence electrons. The number of ether oxygens (including phenoxy) is 1. The first kappa shape index (κ1) is 12.4. The van der Waals surface area contributed by atoms with Gasteiger partial charge in [0.25, 0.3) is 0 Å². The minimum atomic E-state index is 0.773. The molecule has 5 heteroatoms. The summed E-state index contributed by atoms with van der Waals surface area (Å²) in [4.78, 5) is 8.27. The van der Waals surface area contributed by atoms with Crippen molar-refractivity contribution < 1.29 is 4.74 Å². The first-order chi connectivity index (χ1) is 7.43. The summed E-state index contributed by atoms with van der Waals surface area (Å²) in [7, 11) is 1.71. The van der Waals surface area contributed by atoms with Crippen LogP contribution in [0.4, 0.5) is 0 Å². The van der Waals surface area contributed by atoms with Crippen molar-refractivity contribution in [2.75, 3.05) is 32.6 Å². The SMILES string of the molecule is COCCNCCCSc1ncccn1. The van der Waals surface area contributed by atoms with Crippen LogP contribution in [-0.4, -0.2) is 42.5 Å². The van der Waals surface area contributed by atoms with E-state index < -0.39 is 0 Å². The molecule has 0 aliphatic carbocycles. The highest BCUT2D eigenvalue weighted by atomic mass is 32.2. The van der Waals surface area contributed by atoms with Gasteiger partial charge in [0.2, 0.25) is 0 Å². The number of aromatic nitrogens is 2. The standard InChI is InChI=1S/C10H17N3OS/c1-14-8-7-11-4-3-9-15-10-12-5-2-6-13-10/h2,5-6,11H,3-4,7-9H2,1H3. The maximum absolute atomic E-state index is 4.93. The lowest BCUT2D eigenvalue weighted by molar-refractivity contribution is 0.199. The molecule has 0 aliphatic rings. The van der Waals surface area contributed by atoms with E-state index in [1.807, 2.05) is 6.07 Å². The van der Waals surface area contributed by atoms with E-state index in [9.17, 15) is 0 Å². The highest BCUT2D eigenvalue weighted by Crippen LogP contribution is 2.11. The molecule has 0 fully saturated rings. The van der Waals surface area contributed by atoms with Crippen LogP contribution in [-0.2, 0) is 4.74 Å². The monoisotopic (exact) mass is 227 g/mol. The normalized spacial score (nSPS) is 10.5. The van der Waals surface area contributed by atoms with Gasteiger partial charge in [-0.15, -0.1) is 0 Å². The number of rotatable bonds is 8. The maximum atomic E-state index is 4.93. The fourth-order valence-corrected chi connectivity index (χ4v) is 1.76. The summed E-state index contributed by atoms with van der Waals surface area (Å²) in [5.41, 5.74) is 0. The van der Waals surface area contributed by atoms with Crippen LogP contribution in [0, 0.1) is 0 Å². The molecule has 15 heavy (non-hydrogen) atoms. The van der Waals surface area contributed by atoms with Gasteiger partial charge < -0.3 is 10.1 Å². The van der Waals surface area contributed by atoms with Crippen molar-refractivity contribution in [2.45, 2.75) is 11.6 Å². The van der Waals surface area contributed by atoms with Crippen molar-refractivity contribution in [1.29, 1.82) is 0 Å². The molecular weight excluding hydrogens is 210 g/mol. The Bertz CT molecular complexity index is 246. The van der Waals surface area contributed by atoms with Crippen molar-refractivity contribution in [1.82, 2.24) is 15.3 Å². The summed E-state index contributed by atoms with van der Waals surface area (Å²) in [5.74, 6) is 1.05. The number of nitrogens with one attached hydrogen (secondary N) is 1. The third kappa shape index (κ3) is 6.43. The molecule has 0 saturated heterocycles. The third-order valence-corrected chi connectivity index (χ3v) is 2.72. The molecule has 0 spiro atoms. The molecule has 0 aliphatic heterocycles. The maximum Gasteiger partial charge on any atom is 0.187 e. The number of methoxy groups -OCH3 is 1. The molecule has 1 rings (SSSR count). The number of hydrogen-bond donors (Lipinski definition) is 1. The Kier molecular flexibility index (Phi) is 7.16. The van der Waals surface area contributed by atoms with E-state index in [1.54, 1.807) is 31.3 Å². The molecule has 0 atom stereocenters. The second-order valence-corrected chi connectivity index (χ2v) is 4.04. The molecule has 1 N–H and O–H groups in total. The zero-order valence-corrected chi connectivity index (χ0v) is 9.80. The molecule has 1 heterocycles. The van der Waals surface area contributed by atoms with Crippen LogP contribution in [0.15, 0.2) is 23.6 Å². The van der Waals surface area contributed by atoms with Gasteiger partial charge in [0, 0.05) is 31.8 Å². The fourth-order valence-electron chi connectivity index (χ4n) is 1.02. The Hall–Kier alpha value is -0.650. The average molecular weight is 227 g/mol. The van der Waals surface area contributed by atoms with Gasteiger partial charge in [0.1, 0.15) is 0 Å². The molecule has 4 nitrogen and oxygen atoms in total. The molecule has 0 unspecified atom stereocenters. The number of hydrogen-bond acceptors (Lipinski definition) is 5. The molecule has 1 aromatic heterocycles. The van der Waals surface area contributed by atoms with Gasteiger partial charge in [-0.2, -0.15) is 0 Å². The van der Waals surface area contributed by atoms with E-state index in [0.717, 1.165) is 37.0 Å². The van der Waals surface area contributed by atoms with E-state index in [2.05, 4.69) is 15.3 Å². The lowest BCUT2D eigenvalue weighted by atomic mass is 10.5. The Morgan fingerprint density at radius 1 is 1.33 bits per heavy atom. The first-order valence-electron chi connectivity index (χ1n) is 5.03. The summed E-state index contributed by atoms with van der Waals surface area (Å²) in [6.45, 7) is 2.71. The van der Waals surface area contributed by atoms with Crippen LogP contribution in [0.25, 0.3) is 0 Å². The molecule has 0 bridgehead atoms. The van der Waals surface area contributed by atoms with Crippen LogP contribution in [0.2, 0.25) is 0 Å². The van der Waals surface area contributed by atoms with Crippen LogP contribution < -0.4 is 5.32 Å². The summed E-state index contributed by atoms with van der Waals surface area (Å²) in [6.07, 6.45) is 4.66. The van der Waals surface area contributed by atoms with E-state index in [4.69, 9.17) is 4.74 Å². The molecule has 0 saturated carbocycles. The summed E-state index contributed by atoms with van der Waals surface area (Å²) < 4.78 is 4.93. The second kappa shape index (κ2) is 8.64. The highest BCUT2D eigenvalue weighted by molar-refractivity contribution is 7.99. The fraction of sp³-hybridized carbons (Fsp3) is 0.600. The molecule has 0 aromatic carbocycles. The minimum Gasteiger partial charge on any atom is -0.383 e. The summed E-state index contributed by atoms with van der Waals surface area (Å²) >= 11 is 1.69. The Morgan fingerprint density at radius 3 is 2.87 bits per heavy atom. The van der Waals surface area contributed by atoms with Crippen molar-refractivity contribution >= 4 is 11.8 Å². The zero-order chi connectivity index (χ0) is 10.8. The van der Waals surface area contributed by atoms with Crippen molar-refractivity contribution in [3.8, 4) is 0 Å². The Balaban J connectivity index is 1.93. The predicted octanol–water partition coefficient (Wildman–Crippen LogP) is 1.19. The third-order valence-electron chi connectivity index (χ3n) is 1.75. The smallest absolute Gasteiger partial charge is 0.187 e. The van der Waals surface area contributed by atoms with Crippen LogP contribution in [0.3, 0.4) is 0 Å². The number of thioether (sulfide) groups is 1. The van der Waals surface area contributed by atoms with E-state index in [1.165, 1.54) is 0 Å². The molecule has 0 amide bonds.